The van der Waals surface area contributed by atoms with Gasteiger partial charge in [0, 0.05) is 29.5 Å². The minimum atomic E-state index is -0.452. The van der Waals surface area contributed by atoms with Crippen molar-refractivity contribution in [1.29, 1.82) is 0 Å². The van der Waals surface area contributed by atoms with E-state index in [1.165, 1.54) is 12.1 Å². The predicted molar refractivity (Wildman–Crippen MR) is 107 cm³/mol. The van der Waals surface area contributed by atoms with E-state index in [0.717, 1.165) is 10.9 Å². The molecule has 0 unspecified atom stereocenters. The van der Waals surface area contributed by atoms with E-state index in [0.29, 0.717) is 23.6 Å². The number of non-ortho nitro benzene ring substituents is 1. The second kappa shape index (κ2) is 8.59. The normalized spacial score (nSPS) is 11.8. The van der Waals surface area contributed by atoms with Crippen LogP contribution in [-0.4, -0.2) is 34.8 Å². The molecule has 1 amide bonds. The lowest BCUT2D eigenvalue weighted by Gasteiger charge is -2.18. The lowest BCUT2D eigenvalue weighted by Crippen LogP contribution is -2.27. The van der Waals surface area contributed by atoms with Crippen LogP contribution in [0.25, 0.3) is 10.9 Å². The summed E-state index contributed by atoms with van der Waals surface area (Å²) in [5.41, 5.74) is 1.41. The fourth-order valence-electron chi connectivity index (χ4n) is 3.13. The van der Waals surface area contributed by atoms with E-state index >= 15 is 0 Å². The molecule has 3 aromatic rings. The van der Waals surface area contributed by atoms with Gasteiger partial charge >= 0.3 is 0 Å². The van der Waals surface area contributed by atoms with Gasteiger partial charge in [0.25, 0.3) is 5.69 Å². The number of aromatic nitrogens is 2. The number of nitro groups is 1. The first-order chi connectivity index (χ1) is 13.9. The Morgan fingerprint density at radius 1 is 1.24 bits per heavy atom. The highest BCUT2D eigenvalue weighted by molar-refractivity contribution is 5.81. The zero-order chi connectivity index (χ0) is 21.0. The van der Waals surface area contributed by atoms with Crippen molar-refractivity contribution >= 4 is 22.5 Å². The maximum atomic E-state index is 12.5. The third-order valence-electron chi connectivity index (χ3n) is 4.67. The molecule has 1 N–H and O–H groups in total. The van der Waals surface area contributed by atoms with E-state index in [1.807, 2.05) is 13.0 Å². The first kappa shape index (κ1) is 20.1. The monoisotopic (exact) mass is 398 g/mol. The Hall–Kier alpha value is -3.62. The Morgan fingerprint density at radius 3 is 2.72 bits per heavy atom. The lowest BCUT2D eigenvalue weighted by atomic mass is 10.1. The van der Waals surface area contributed by atoms with Crippen molar-refractivity contribution in [2.45, 2.75) is 25.9 Å². The highest BCUT2D eigenvalue weighted by Gasteiger charge is 2.16. The van der Waals surface area contributed by atoms with Crippen molar-refractivity contribution in [3.63, 3.8) is 0 Å². The molecule has 2 aromatic carbocycles. The average molecular weight is 398 g/mol. The summed E-state index contributed by atoms with van der Waals surface area (Å²) in [7, 11) is 3.15. The highest BCUT2D eigenvalue weighted by Crippen LogP contribution is 2.29. The predicted octanol–water partition coefficient (Wildman–Crippen LogP) is 3.23. The van der Waals surface area contributed by atoms with E-state index < -0.39 is 4.92 Å². The Bertz CT molecular complexity index is 1050. The van der Waals surface area contributed by atoms with Gasteiger partial charge < -0.3 is 14.8 Å². The van der Waals surface area contributed by atoms with Gasteiger partial charge in [0.2, 0.25) is 5.91 Å². The molecular weight excluding hydrogens is 376 g/mol. The molecule has 9 nitrogen and oxygen atoms in total. The number of nitrogens with zero attached hydrogens (tertiary/aromatic N) is 3. The number of rotatable bonds is 8. The van der Waals surface area contributed by atoms with Gasteiger partial charge in [0.15, 0.2) is 0 Å². The molecular formula is C20H22N4O5. The maximum absolute atomic E-state index is 12.5. The number of hydrogen-bond donors (Lipinski definition) is 1. The average Bonchev–Trinajstić information content (AvgIpc) is 3.13. The third kappa shape index (κ3) is 4.45. The Labute approximate surface area is 167 Å². The highest BCUT2D eigenvalue weighted by atomic mass is 16.6. The van der Waals surface area contributed by atoms with Crippen LogP contribution < -0.4 is 14.8 Å². The Kier molecular flexibility index (Phi) is 5.96. The number of fused-ring (bicyclic) bond motifs is 1. The Morgan fingerprint density at radius 2 is 2.03 bits per heavy atom. The summed E-state index contributed by atoms with van der Waals surface area (Å²) in [6.07, 6.45) is 1.80. The zero-order valence-electron chi connectivity index (χ0n) is 16.4. The molecule has 0 radical (unpaired) electrons. The van der Waals surface area contributed by atoms with Gasteiger partial charge in [-0.15, -0.1) is 0 Å². The molecule has 0 saturated heterocycles. The van der Waals surface area contributed by atoms with Gasteiger partial charge in [-0.1, -0.05) is 0 Å². The number of carbonyl (C=O) groups is 1. The van der Waals surface area contributed by atoms with E-state index in [1.54, 1.807) is 43.3 Å². The summed E-state index contributed by atoms with van der Waals surface area (Å²) in [6, 6.07) is 9.66. The SMILES string of the molecule is COc1ccc(OC)c([C@@H](C)NC(=O)CCn2ncc3ccc([N+](=O)[O-])cc32)c1. The lowest BCUT2D eigenvalue weighted by molar-refractivity contribution is -0.384. The number of methoxy groups -OCH3 is 2. The van der Waals surface area contributed by atoms with Crippen molar-refractivity contribution in [3.8, 4) is 11.5 Å². The number of aryl methyl sites for hydroxylation is 1. The van der Waals surface area contributed by atoms with Gasteiger partial charge in [0.05, 0.1) is 43.4 Å². The van der Waals surface area contributed by atoms with Crippen LogP contribution in [0.2, 0.25) is 0 Å². The molecule has 1 heterocycles. The topological polar surface area (TPSA) is 109 Å². The third-order valence-corrected chi connectivity index (χ3v) is 4.67. The number of nitro benzene ring substituents is 1. The molecule has 0 aliphatic rings. The van der Waals surface area contributed by atoms with Gasteiger partial charge in [0.1, 0.15) is 11.5 Å². The molecule has 29 heavy (non-hydrogen) atoms. The summed E-state index contributed by atoms with van der Waals surface area (Å²) in [4.78, 5) is 23.0. The van der Waals surface area contributed by atoms with Crippen molar-refractivity contribution < 1.29 is 19.2 Å². The summed E-state index contributed by atoms with van der Waals surface area (Å²) in [6.45, 7) is 2.17. The molecule has 0 aliphatic carbocycles. The maximum Gasteiger partial charge on any atom is 0.271 e. The first-order valence-corrected chi connectivity index (χ1v) is 9.04. The van der Waals surface area contributed by atoms with E-state index in [4.69, 9.17) is 9.47 Å². The number of nitrogens with one attached hydrogen (secondary N) is 1. The largest absolute Gasteiger partial charge is 0.497 e. The van der Waals surface area contributed by atoms with Crippen LogP contribution in [-0.2, 0) is 11.3 Å². The number of ether oxygens (including phenoxy) is 2. The molecule has 0 bridgehead atoms. The standard InChI is InChI=1S/C20H22N4O5/c1-13(17-11-16(28-2)6-7-19(17)29-3)22-20(25)8-9-23-18-10-15(24(26)27)5-4-14(18)12-21-23/h4-7,10-13H,8-9H2,1-3H3,(H,22,25)/t13-/m1/s1. The van der Waals surface area contributed by atoms with E-state index in [2.05, 4.69) is 10.4 Å². The summed E-state index contributed by atoms with van der Waals surface area (Å²) in [5.74, 6) is 1.16. The van der Waals surface area contributed by atoms with Gasteiger partial charge in [-0.2, -0.15) is 5.10 Å². The van der Waals surface area contributed by atoms with Crippen LogP contribution in [0.4, 0.5) is 5.69 Å². The van der Waals surface area contributed by atoms with E-state index in [9.17, 15) is 14.9 Å². The summed E-state index contributed by atoms with van der Waals surface area (Å²) < 4.78 is 12.2. The fraction of sp³-hybridized carbons (Fsp3) is 0.300. The summed E-state index contributed by atoms with van der Waals surface area (Å²) >= 11 is 0. The van der Waals surface area contributed by atoms with Gasteiger partial charge in [-0.25, -0.2) is 0 Å². The minimum absolute atomic E-state index is 0.0116. The first-order valence-electron chi connectivity index (χ1n) is 9.04. The zero-order valence-corrected chi connectivity index (χ0v) is 16.4. The second-order valence-electron chi connectivity index (χ2n) is 6.52. The molecule has 0 fully saturated rings. The van der Waals surface area contributed by atoms with Crippen LogP contribution in [0.15, 0.2) is 42.6 Å². The molecule has 9 heteroatoms. The number of carbonyl (C=O) groups excluding carboxylic acids is 1. The van der Waals surface area contributed by atoms with Crippen LogP contribution >= 0.6 is 0 Å². The molecule has 1 aromatic heterocycles. The summed E-state index contributed by atoms with van der Waals surface area (Å²) in [5, 5.41) is 18.9. The second-order valence-corrected chi connectivity index (χ2v) is 6.52. The fourth-order valence-corrected chi connectivity index (χ4v) is 3.13. The van der Waals surface area contributed by atoms with Crippen molar-refractivity contribution in [2.75, 3.05) is 14.2 Å². The van der Waals surface area contributed by atoms with Crippen molar-refractivity contribution in [2.24, 2.45) is 0 Å². The molecule has 152 valence electrons. The number of benzene rings is 2. The molecule has 0 spiro atoms. The number of amides is 1. The molecule has 0 saturated carbocycles. The molecule has 3 rings (SSSR count). The molecule has 1 atom stereocenters. The van der Waals surface area contributed by atoms with Gasteiger partial charge in [-0.3, -0.25) is 19.6 Å². The van der Waals surface area contributed by atoms with Gasteiger partial charge in [-0.05, 0) is 31.2 Å². The quantitative estimate of drug-likeness (QED) is 0.461. The Balaban J connectivity index is 1.68. The van der Waals surface area contributed by atoms with Crippen LogP contribution in [0.1, 0.15) is 24.9 Å². The van der Waals surface area contributed by atoms with Crippen LogP contribution in [0.5, 0.6) is 11.5 Å². The van der Waals surface area contributed by atoms with Crippen molar-refractivity contribution in [1.82, 2.24) is 15.1 Å². The van der Waals surface area contributed by atoms with Crippen LogP contribution in [0.3, 0.4) is 0 Å². The minimum Gasteiger partial charge on any atom is -0.497 e. The smallest absolute Gasteiger partial charge is 0.271 e. The van der Waals surface area contributed by atoms with E-state index in [-0.39, 0.29) is 24.1 Å². The molecule has 0 aliphatic heterocycles. The van der Waals surface area contributed by atoms with Crippen LogP contribution in [0, 0.1) is 10.1 Å². The van der Waals surface area contributed by atoms with Crippen molar-refractivity contribution in [3.05, 3.63) is 58.3 Å². The number of hydrogen-bond acceptors (Lipinski definition) is 6.